The number of carbonyl (C=O) groups excluding carboxylic acids is 2. The summed E-state index contributed by atoms with van der Waals surface area (Å²) in [5.41, 5.74) is 0. The summed E-state index contributed by atoms with van der Waals surface area (Å²) in [7, 11) is -3.84. The molecule has 0 aromatic carbocycles. The number of rotatable bonds is 7. The molecular weight excluding hydrogens is 486 g/mol. The van der Waals surface area contributed by atoms with Crippen LogP contribution in [-0.4, -0.2) is 65.7 Å². The topological polar surface area (TPSA) is 113 Å². The lowest BCUT2D eigenvalue weighted by Crippen LogP contribution is -2.54. The highest BCUT2D eigenvalue weighted by Crippen LogP contribution is 2.30. The number of halogens is 1. The van der Waals surface area contributed by atoms with Crippen molar-refractivity contribution in [2.45, 2.75) is 37.8 Å². The van der Waals surface area contributed by atoms with Gasteiger partial charge in [0.1, 0.15) is 6.04 Å². The molecule has 2 saturated heterocycles. The minimum Gasteiger partial charge on any atom is -0.332 e. The molecule has 176 valence electrons. The Morgan fingerprint density at radius 2 is 1.97 bits per heavy atom. The van der Waals surface area contributed by atoms with Gasteiger partial charge >= 0.3 is 0 Å². The molecule has 0 saturated carbocycles. The Balaban J connectivity index is 1.38. The third kappa shape index (κ3) is 5.97. The van der Waals surface area contributed by atoms with Crippen LogP contribution in [0.4, 0.5) is 0 Å². The lowest BCUT2D eigenvalue weighted by atomic mass is 10.1. The molecule has 2 aromatic heterocycles. The first-order valence-electron chi connectivity index (χ1n) is 10.6. The third-order valence-corrected chi connectivity index (χ3v) is 7.93. The number of aromatic nitrogens is 2. The molecule has 4 rings (SSSR count). The van der Waals surface area contributed by atoms with E-state index >= 15 is 0 Å². The van der Waals surface area contributed by atoms with E-state index in [0.717, 1.165) is 18.2 Å². The molecule has 9 nitrogen and oxygen atoms in total. The molecule has 2 amide bonds. The number of hydrogen-bond acceptors (Lipinski definition) is 7. The number of hydrogen-bond donors (Lipinski definition) is 1. The molecular formula is C21H24ClN5O4S2. The number of carbonyl (C=O) groups is 2. The van der Waals surface area contributed by atoms with Crippen molar-refractivity contribution < 1.29 is 18.0 Å². The summed E-state index contributed by atoms with van der Waals surface area (Å²) in [5, 5.41) is 1.03. The van der Waals surface area contributed by atoms with Crippen molar-refractivity contribution in [3.63, 3.8) is 0 Å². The Bertz CT molecular complexity index is 1140. The van der Waals surface area contributed by atoms with Gasteiger partial charge in [-0.25, -0.2) is 18.4 Å². The maximum atomic E-state index is 13.0. The van der Waals surface area contributed by atoms with Crippen LogP contribution >= 0.6 is 22.9 Å². The van der Waals surface area contributed by atoms with Crippen molar-refractivity contribution in [3.8, 4) is 0 Å². The molecule has 0 radical (unpaired) electrons. The number of amides is 2. The fraction of sp³-hybridized carbons (Fsp3) is 0.429. The van der Waals surface area contributed by atoms with Gasteiger partial charge in [0, 0.05) is 35.8 Å². The number of sulfonamides is 1. The predicted molar refractivity (Wildman–Crippen MR) is 126 cm³/mol. The van der Waals surface area contributed by atoms with Crippen LogP contribution in [0.1, 0.15) is 42.4 Å². The fourth-order valence-electron chi connectivity index (χ4n) is 4.09. The van der Waals surface area contributed by atoms with E-state index in [9.17, 15) is 18.0 Å². The summed E-state index contributed by atoms with van der Waals surface area (Å²) >= 11 is 7.12. The van der Waals surface area contributed by atoms with Crippen LogP contribution in [-0.2, 0) is 19.6 Å². The van der Waals surface area contributed by atoms with Gasteiger partial charge < -0.3 is 9.80 Å². The van der Waals surface area contributed by atoms with Gasteiger partial charge in [-0.2, -0.15) is 4.72 Å². The number of nitrogens with zero attached hydrogens (tertiary/aromatic N) is 4. The Kier molecular flexibility index (Phi) is 7.42. The van der Waals surface area contributed by atoms with Crippen molar-refractivity contribution in [1.29, 1.82) is 0 Å². The normalized spacial score (nSPS) is 21.8. The number of piperidine rings is 1. The van der Waals surface area contributed by atoms with Crippen LogP contribution in [0.5, 0.6) is 0 Å². The van der Waals surface area contributed by atoms with Crippen molar-refractivity contribution >= 4 is 50.9 Å². The average molecular weight is 510 g/mol. The molecule has 4 heterocycles. The Hall–Kier alpha value is -2.34. The molecule has 2 aromatic rings. The second-order valence-electron chi connectivity index (χ2n) is 7.91. The second kappa shape index (κ2) is 10.3. The van der Waals surface area contributed by atoms with E-state index < -0.39 is 22.0 Å². The van der Waals surface area contributed by atoms with E-state index in [4.69, 9.17) is 11.6 Å². The fourth-order valence-corrected chi connectivity index (χ4v) is 6.16. The first-order chi connectivity index (χ1) is 15.8. The van der Waals surface area contributed by atoms with Crippen LogP contribution in [0, 0.1) is 0 Å². The van der Waals surface area contributed by atoms with E-state index in [1.807, 2.05) is 0 Å². The lowest BCUT2D eigenvalue weighted by Gasteiger charge is -2.33. The van der Waals surface area contributed by atoms with Gasteiger partial charge in [0.05, 0.1) is 16.9 Å². The van der Waals surface area contributed by atoms with E-state index in [2.05, 4.69) is 14.7 Å². The molecule has 2 aliphatic heterocycles. The summed E-state index contributed by atoms with van der Waals surface area (Å²) in [6, 6.07) is 4.01. The van der Waals surface area contributed by atoms with Crippen LogP contribution in [0.15, 0.2) is 36.0 Å². The monoisotopic (exact) mass is 509 g/mol. The maximum absolute atomic E-state index is 13.0. The maximum Gasteiger partial charge on any atom is 0.242 e. The standard InChI is InChI=1S/C21H24ClN5O4S2/c22-18-7-6-15(32-18)8-13-33(30,31)25-16-4-1-11-26(21(16)29)14-19(28)27-12-2-5-17(27)20-23-9-3-10-24-20/h3,6-10,13,16-17,25H,1-2,4-5,11-12,14H2/b13-8+/t16-,17-/m0/s1. The van der Waals surface area contributed by atoms with Crippen molar-refractivity contribution in [2.75, 3.05) is 19.6 Å². The van der Waals surface area contributed by atoms with Crippen LogP contribution < -0.4 is 4.72 Å². The van der Waals surface area contributed by atoms with Crippen LogP contribution in [0.25, 0.3) is 6.08 Å². The van der Waals surface area contributed by atoms with Gasteiger partial charge in [0.25, 0.3) is 0 Å². The van der Waals surface area contributed by atoms with E-state index in [0.29, 0.717) is 41.0 Å². The van der Waals surface area contributed by atoms with E-state index in [-0.39, 0.29) is 18.5 Å². The number of likely N-dealkylation sites (tertiary alicyclic amines) is 2. The SMILES string of the molecule is O=C1[C@@H](NS(=O)(=O)/C=C/c2ccc(Cl)s2)CCCN1CC(=O)N1CCC[C@H]1c1ncccn1. The average Bonchev–Trinajstić information content (AvgIpc) is 3.45. The molecule has 1 N–H and O–H groups in total. The molecule has 2 fully saturated rings. The minimum absolute atomic E-state index is 0.0933. The number of nitrogens with one attached hydrogen (secondary N) is 1. The first-order valence-corrected chi connectivity index (χ1v) is 13.4. The lowest BCUT2D eigenvalue weighted by molar-refractivity contribution is -0.143. The Morgan fingerprint density at radius 3 is 2.70 bits per heavy atom. The molecule has 0 unspecified atom stereocenters. The summed E-state index contributed by atoms with van der Waals surface area (Å²) in [6.45, 7) is 0.897. The van der Waals surface area contributed by atoms with Gasteiger partial charge in [-0.3, -0.25) is 9.59 Å². The summed E-state index contributed by atoms with van der Waals surface area (Å²) in [5.74, 6) is 0.0199. The minimum atomic E-state index is -3.84. The quantitative estimate of drug-likeness (QED) is 0.613. The molecule has 0 aliphatic carbocycles. The van der Waals surface area contributed by atoms with Gasteiger partial charge in [0.2, 0.25) is 21.8 Å². The first kappa shape index (κ1) is 23.8. The molecule has 12 heteroatoms. The van der Waals surface area contributed by atoms with Crippen LogP contribution in [0.2, 0.25) is 4.34 Å². The summed E-state index contributed by atoms with van der Waals surface area (Å²) in [6.07, 6.45) is 7.33. The van der Waals surface area contributed by atoms with E-state index in [1.54, 1.807) is 35.5 Å². The van der Waals surface area contributed by atoms with E-state index in [1.165, 1.54) is 22.3 Å². The zero-order valence-corrected chi connectivity index (χ0v) is 20.2. The van der Waals surface area contributed by atoms with Gasteiger partial charge in [-0.1, -0.05) is 11.6 Å². The van der Waals surface area contributed by atoms with Crippen molar-refractivity contribution in [1.82, 2.24) is 24.5 Å². The van der Waals surface area contributed by atoms with Gasteiger partial charge in [-0.15, -0.1) is 11.3 Å². The molecule has 0 bridgehead atoms. The number of thiophene rings is 1. The van der Waals surface area contributed by atoms with Crippen molar-refractivity contribution in [2.24, 2.45) is 0 Å². The van der Waals surface area contributed by atoms with Gasteiger partial charge in [-0.05, 0) is 50.0 Å². The molecule has 2 atom stereocenters. The zero-order valence-electron chi connectivity index (χ0n) is 17.8. The van der Waals surface area contributed by atoms with Crippen molar-refractivity contribution in [3.05, 3.63) is 51.0 Å². The highest BCUT2D eigenvalue weighted by atomic mass is 35.5. The third-order valence-electron chi connectivity index (χ3n) is 5.63. The highest BCUT2D eigenvalue weighted by molar-refractivity contribution is 7.92. The highest BCUT2D eigenvalue weighted by Gasteiger charge is 2.36. The van der Waals surface area contributed by atoms with Crippen LogP contribution in [0.3, 0.4) is 0 Å². The second-order valence-corrected chi connectivity index (χ2v) is 11.3. The van der Waals surface area contributed by atoms with Gasteiger partial charge in [0.15, 0.2) is 5.82 Å². The molecule has 0 spiro atoms. The molecule has 33 heavy (non-hydrogen) atoms. The largest absolute Gasteiger partial charge is 0.332 e. The Morgan fingerprint density at radius 1 is 1.21 bits per heavy atom. The molecule has 2 aliphatic rings. The Labute approximate surface area is 201 Å². The summed E-state index contributed by atoms with van der Waals surface area (Å²) in [4.78, 5) is 38.3. The smallest absolute Gasteiger partial charge is 0.242 e. The summed E-state index contributed by atoms with van der Waals surface area (Å²) < 4.78 is 28.0. The predicted octanol–water partition coefficient (Wildman–Crippen LogP) is 2.44. The zero-order chi connectivity index (χ0) is 23.4.